The van der Waals surface area contributed by atoms with Crippen LogP contribution in [0.25, 0.3) is 6.08 Å². The molecule has 0 spiro atoms. The van der Waals surface area contributed by atoms with Crippen molar-refractivity contribution in [3.8, 4) is 11.5 Å². The van der Waals surface area contributed by atoms with Crippen LogP contribution in [0.4, 0.5) is 10.5 Å². The molecule has 5 nitrogen and oxygen atoms in total. The van der Waals surface area contributed by atoms with Crippen molar-refractivity contribution in [2.45, 2.75) is 6.04 Å². The summed E-state index contributed by atoms with van der Waals surface area (Å²) in [6.07, 6.45) is 3.97. The Bertz CT molecular complexity index is 1250. The number of ether oxygens (including phenoxy) is 2. The first-order valence-corrected chi connectivity index (χ1v) is 11.8. The van der Waals surface area contributed by atoms with Crippen LogP contribution >= 0.6 is 0 Å². The number of hydrogen-bond donors (Lipinski definition) is 1. The van der Waals surface area contributed by atoms with Gasteiger partial charge >= 0.3 is 6.03 Å². The summed E-state index contributed by atoms with van der Waals surface area (Å²) in [5.41, 5.74) is 3.60. The van der Waals surface area contributed by atoms with E-state index in [-0.39, 0.29) is 12.1 Å². The number of methoxy groups -OCH3 is 2. The summed E-state index contributed by atoms with van der Waals surface area (Å²) in [5.74, 6) is 1.38. The van der Waals surface area contributed by atoms with Gasteiger partial charge in [0.15, 0.2) is 0 Å². The first-order valence-electron chi connectivity index (χ1n) is 11.8. The minimum absolute atomic E-state index is 0.234. The molecule has 36 heavy (non-hydrogen) atoms. The highest BCUT2D eigenvalue weighted by Crippen LogP contribution is 2.31. The van der Waals surface area contributed by atoms with Crippen molar-refractivity contribution in [1.29, 1.82) is 0 Å². The summed E-state index contributed by atoms with van der Waals surface area (Å²) in [6, 6.07) is 34.8. The molecular formula is C31H30N2O3. The minimum Gasteiger partial charge on any atom is -0.496 e. The predicted molar refractivity (Wildman–Crippen MR) is 145 cm³/mol. The first-order chi connectivity index (χ1) is 17.7. The van der Waals surface area contributed by atoms with Crippen molar-refractivity contribution in [3.05, 3.63) is 132 Å². The number of rotatable bonds is 9. The minimum atomic E-state index is -0.301. The van der Waals surface area contributed by atoms with E-state index in [0.29, 0.717) is 18.0 Å². The predicted octanol–water partition coefficient (Wildman–Crippen LogP) is 7.04. The lowest BCUT2D eigenvalue weighted by Gasteiger charge is -2.32. The van der Waals surface area contributed by atoms with Gasteiger partial charge in [0.05, 0.1) is 25.9 Å². The summed E-state index contributed by atoms with van der Waals surface area (Å²) in [5, 5.41) is 3.06. The van der Waals surface area contributed by atoms with Gasteiger partial charge in [-0.25, -0.2) is 4.79 Å². The van der Waals surface area contributed by atoms with Gasteiger partial charge in [0.1, 0.15) is 11.5 Å². The third-order valence-electron chi connectivity index (χ3n) is 5.89. The topological polar surface area (TPSA) is 50.8 Å². The van der Waals surface area contributed by atoms with E-state index >= 15 is 0 Å². The molecule has 5 heteroatoms. The molecule has 0 unspecified atom stereocenters. The van der Waals surface area contributed by atoms with E-state index < -0.39 is 0 Å². The van der Waals surface area contributed by atoms with Crippen molar-refractivity contribution in [2.24, 2.45) is 0 Å². The molecule has 0 aliphatic carbocycles. The average molecular weight is 479 g/mol. The van der Waals surface area contributed by atoms with Crippen LogP contribution in [-0.4, -0.2) is 31.7 Å². The van der Waals surface area contributed by atoms with Crippen molar-refractivity contribution in [1.82, 2.24) is 4.90 Å². The number of carbonyl (C=O) groups is 1. The fourth-order valence-corrected chi connectivity index (χ4v) is 4.16. The van der Waals surface area contributed by atoms with E-state index in [1.165, 1.54) is 0 Å². The molecule has 182 valence electrons. The summed E-state index contributed by atoms with van der Waals surface area (Å²) in [4.78, 5) is 15.7. The maximum absolute atomic E-state index is 13.8. The number of amides is 2. The van der Waals surface area contributed by atoms with Crippen LogP contribution < -0.4 is 14.8 Å². The van der Waals surface area contributed by atoms with Gasteiger partial charge in [-0.1, -0.05) is 103 Å². The van der Waals surface area contributed by atoms with E-state index in [2.05, 4.69) is 5.32 Å². The van der Waals surface area contributed by atoms with Gasteiger partial charge in [-0.2, -0.15) is 0 Å². The van der Waals surface area contributed by atoms with Crippen LogP contribution in [0.2, 0.25) is 0 Å². The van der Waals surface area contributed by atoms with Crippen LogP contribution in [0, 0.1) is 0 Å². The van der Waals surface area contributed by atoms with Gasteiger partial charge in [-0.15, -0.1) is 0 Å². The summed E-state index contributed by atoms with van der Waals surface area (Å²) in [6.45, 7) is 0.369. The number of benzene rings is 4. The van der Waals surface area contributed by atoms with Crippen LogP contribution in [0.15, 0.2) is 115 Å². The zero-order valence-electron chi connectivity index (χ0n) is 20.5. The van der Waals surface area contributed by atoms with Gasteiger partial charge in [0.2, 0.25) is 0 Å². The van der Waals surface area contributed by atoms with Gasteiger partial charge in [-0.3, -0.25) is 0 Å². The van der Waals surface area contributed by atoms with E-state index in [9.17, 15) is 4.79 Å². The molecule has 0 radical (unpaired) electrons. The van der Waals surface area contributed by atoms with Crippen LogP contribution in [0.3, 0.4) is 0 Å². The Labute approximate surface area is 212 Å². The molecule has 0 bridgehead atoms. The van der Waals surface area contributed by atoms with Gasteiger partial charge in [0.25, 0.3) is 0 Å². The van der Waals surface area contributed by atoms with Crippen LogP contribution in [-0.2, 0) is 0 Å². The summed E-state index contributed by atoms with van der Waals surface area (Å²) in [7, 11) is 3.25. The second-order valence-corrected chi connectivity index (χ2v) is 8.15. The number of anilines is 1. The second kappa shape index (κ2) is 12.3. The monoisotopic (exact) mass is 478 g/mol. The highest BCUT2D eigenvalue weighted by Gasteiger charge is 2.26. The molecule has 0 heterocycles. The van der Waals surface area contributed by atoms with Gasteiger partial charge in [0, 0.05) is 12.1 Å². The molecule has 4 aromatic carbocycles. The Morgan fingerprint density at radius 1 is 0.750 bits per heavy atom. The molecule has 0 atom stereocenters. The molecule has 4 rings (SSSR count). The maximum atomic E-state index is 13.8. The van der Waals surface area contributed by atoms with Crippen molar-refractivity contribution in [3.63, 3.8) is 0 Å². The van der Waals surface area contributed by atoms with E-state index in [1.54, 1.807) is 14.2 Å². The van der Waals surface area contributed by atoms with Crippen molar-refractivity contribution >= 4 is 17.8 Å². The Balaban J connectivity index is 1.72. The average Bonchev–Trinajstić information content (AvgIpc) is 2.94. The number of nitrogens with zero attached hydrogens (tertiary/aromatic N) is 1. The van der Waals surface area contributed by atoms with Crippen LogP contribution in [0.1, 0.15) is 22.7 Å². The second-order valence-electron chi connectivity index (χ2n) is 8.15. The third kappa shape index (κ3) is 5.94. The van der Waals surface area contributed by atoms with E-state index in [1.807, 2.05) is 126 Å². The highest BCUT2D eigenvalue weighted by molar-refractivity contribution is 5.91. The lowest BCUT2D eigenvalue weighted by molar-refractivity contribution is 0.205. The Morgan fingerprint density at radius 2 is 1.28 bits per heavy atom. The summed E-state index contributed by atoms with van der Waals surface area (Å²) >= 11 is 0. The lowest BCUT2D eigenvalue weighted by Crippen LogP contribution is -2.39. The molecule has 2 amide bonds. The fraction of sp³-hybridized carbons (Fsp3) is 0.129. The van der Waals surface area contributed by atoms with Crippen molar-refractivity contribution in [2.75, 3.05) is 26.1 Å². The molecular weight excluding hydrogens is 448 g/mol. The zero-order valence-corrected chi connectivity index (χ0v) is 20.5. The standard InChI is InChI=1S/C31H30N2O3/c1-35-28-21-11-9-14-24(28)19-13-23-33(31(34)32-27-20-10-12-22-29(27)36-2)30(25-15-5-3-6-16-25)26-17-7-4-8-18-26/h3-22,30H,23H2,1-2H3,(H,32,34)/b19-13+. The molecule has 0 fully saturated rings. The Hall–Kier alpha value is -4.51. The fourth-order valence-electron chi connectivity index (χ4n) is 4.16. The number of hydrogen-bond acceptors (Lipinski definition) is 3. The number of nitrogens with one attached hydrogen (secondary N) is 1. The van der Waals surface area contributed by atoms with Crippen molar-refractivity contribution < 1.29 is 14.3 Å². The maximum Gasteiger partial charge on any atom is 0.323 e. The molecule has 0 aliphatic rings. The number of carbonyl (C=O) groups excluding carboxylic acids is 1. The zero-order chi connectivity index (χ0) is 25.2. The third-order valence-corrected chi connectivity index (χ3v) is 5.89. The SMILES string of the molecule is COc1ccccc1/C=C/CN(C(=O)Nc1ccccc1OC)C(c1ccccc1)c1ccccc1. The van der Waals surface area contributed by atoms with Gasteiger partial charge in [-0.05, 0) is 29.3 Å². The summed E-state index contributed by atoms with van der Waals surface area (Å²) < 4.78 is 10.9. The molecule has 0 aliphatic heterocycles. The van der Waals surface area contributed by atoms with Crippen LogP contribution in [0.5, 0.6) is 11.5 Å². The van der Waals surface area contributed by atoms with Gasteiger partial charge < -0.3 is 19.7 Å². The Morgan fingerprint density at radius 3 is 1.89 bits per heavy atom. The largest absolute Gasteiger partial charge is 0.496 e. The van der Waals surface area contributed by atoms with E-state index in [4.69, 9.17) is 9.47 Å². The normalized spacial score (nSPS) is 10.9. The quantitative estimate of drug-likeness (QED) is 0.281. The molecule has 0 aromatic heterocycles. The molecule has 4 aromatic rings. The number of para-hydroxylation sites is 3. The van der Waals surface area contributed by atoms with E-state index in [0.717, 1.165) is 22.4 Å². The number of urea groups is 1. The smallest absolute Gasteiger partial charge is 0.323 e. The molecule has 0 saturated heterocycles. The Kier molecular flexibility index (Phi) is 8.39. The highest BCUT2D eigenvalue weighted by atomic mass is 16.5. The molecule has 1 N–H and O–H groups in total. The molecule has 0 saturated carbocycles. The lowest BCUT2D eigenvalue weighted by atomic mass is 9.97. The first kappa shape index (κ1) is 24.6.